The van der Waals surface area contributed by atoms with Gasteiger partial charge in [0.1, 0.15) is 18.1 Å². The summed E-state index contributed by atoms with van der Waals surface area (Å²) in [5, 5.41) is 11.6. The summed E-state index contributed by atoms with van der Waals surface area (Å²) in [7, 11) is 1.98. The largest absolute Gasteiger partial charge is 0.357 e. The Hall–Kier alpha value is -1.62. The van der Waals surface area contributed by atoms with Crippen molar-refractivity contribution in [2.75, 3.05) is 18.4 Å². The second kappa shape index (κ2) is 4.98. The van der Waals surface area contributed by atoms with E-state index in [0.29, 0.717) is 5.92 Å². The van der Waals surface area contributed by atoms with Gasteiger partial charge in [-0.3, -0.25) is 4.68 Å². The normalized spacial score (nSPS) is 28.0. The van der Waals surface area contributed by atoms with Crippen LogP contribution >= 0.6 is 0 Å². The Morgan fingerprint density at radius 3 is 2.95 bits per heavy atom. The van der Waals surface area contributed by atoms with E-state index in [0.717, 1.165) is 44.5 Å². The minimum atomic E-state index is -0.155. The zero-order chi connectivity index (χ0) is 14.4. The van der Waals surface area contributed by atoms with Gasteiger partial charge in [-0.2, -0.15) is 5.10 Å². The van der Waals surface area contributed by atoms with Crippen LogP contribution in [0.3, 0.4) is 0 Å². The number of hydrogen-bond donors (Lipinski definition) is 2. The highest BCUT2D eigenvalue weighted by atomic mass is 16.1. The van der Waals surface area contributed by atoms with Crippen LogP contribution in [-0.2, 0) is 11.8 Å². The van der Waals surface area contributed by atoms with Crippen molar-refractivity contribution in [3.63, 3.8) is 0 Å². The highest BCUT2D eigenvalue weighted by molar-refractivity contribution is 5.89. The fourth-order valence-corrected chi connectivity index (χ4v) is 4.09. The molecule has 112 valence electrons. The van der Waals surface area contributed by atoms with Gasteiger partial charge in [-0.05, 0) is 49.8 Å². The van der Waals surface area contributed by atoms with Gasteiger partial charge in [0.05, 0.1) is 5.69 Å². The van der Waals surface area contributed by atoms with Crippen LogP contribution in [0.25, 0.3) is 5.57 Å². The van der Waals surface area contributed by atoms with E-state index in [2.05, 4.69) is 10.6 Å². The maximum Gasteiger partial charge on any atom is 0.146 e. The average Bonchev–Trinajstić information content (AvgIpc) is 3.14. The molecule has 2 aliphatic heterocycles. The molecule has 1 aliphatic carbocycles. The first-order valence-electron chi connectivity index (χ1n) is 8.01. The zero-order valence-electron chi connectivity index (χ0n) is 12.5. The lowest BCUT2D eigenvalue weighted by atomic mass is 9.80. The van der Waals surface area contributed by atoms with Crippen LogP contribution in [-0.4, -0.2) is 35.2 Å². The van der Waals surface area contributed by atoms with Gasteiger partial charge >= 0.3 is 0 Å². The van der Waals surface area contributed by atoms with E-state index in [1.807, 2.05) is 11.7 Å². The molecule has 2 N–H and O–H groups in total. The average molecular weight is 286 g/mol. The van der Waals surface area contributed by atoms with E-state index in [1.54, 1.807) is 0 Å². The number of fused-ring (bicyclic) bond motifs is 2. The molecular formula is C16H22N4O. The maximum atomic E-state index is 11.5. The Kier molecular flexibility index (Phi) is 3.10. The van der Waals surface area contributed by atoms with E-state index < -0.39 is 0 Å². The van der Waals surface area contributed by atoms with E-state index >= 15 is 0 Å². The molecule has 21 heavy (non-hydrogen) atoms. The first-order valence-corrected chi connectivity index (χ1v) is 8.01. The first-order chi connectivity index (χ1) is 10.3. The number of aldehydes is 1. The Balaban J connectivity index is 1.87. The van der Waals surface area contributed by atoms with Crippen molar-refractivity contribution in [1.82, 2.24) is 15.1 Å². The maximum absolute atomic E-state index is 11.5. The van der Waals surface area contributed by atoms with E-state index in [1.165, 1.54) is 35.2 Å². The fourth-order valence-electron chi connectivity index (χ4n) is 4.09. The number of rotatable bonds is 2. The van der Waals surface area contributed by atoms with Gasteiger partial charge in [0.15, 0.2) is 0 Å². The predicted octanol–water partition coefficient (Wildman–Crippen LogP) is 1.82. The van der Waals surface area contributed by atoms with Gasteiger partial charge in [0, 0.05) is 25.1 Å². The third-order valence-corrected chi connectivity index (χ3v) is 5.14. The summed E-state index contributed by atoms with van der Waals surface area (Å²) in [6.07, 6.45) is 6.76. The number of nitrogens with one attached hydrogen (secondary N) is 2. The molecule has 0 saturated carbocycles. The number of allylic oxidation sites excluding steroid dienone is 1. The van der Waals surface area contributed by atoms with Crippen LogP contribution < -0.4 is 10.6 Å². The van der Waals surface area contributed by atoms with Crippen molar-refractivity contribution < 1.29 is 4.79 Å². The molecule has 1 fully saturated rings. The summed E-state index contributed by atoms with van der Waals surface area (Å²) >= 11 is 0. The van der Waals surface area contributed by atoms with Crippen molar-refractivity contribution in [2.45, 2.75) is 44.1 Å². The molecule has 3 aliphatic rings. The lowest BCUT2D eigenvalue weighted by Crippen LogP contribution is -2.31. The van der Waals surface area contributed by atoms with Crippen molar-refractivity contribution in [3.8, 4) is 0 Å². The number of aromatic nitrogens is 2. The van der Waals surface area contributed by atoms with E-state index in [9.17, 15) is 4.79 Å². The molecule has 0 radical (unpaired) electrons. The summed E-state index contributed by atoms with van der Waals surface area (Å²) in [5.74, 6) is 1.54. The fraction of sp³-hybridized carbons (Fsp3) is 0.625. The molecule has 0 amide bonds. The summed E-state index contributed by atoms with van der Waals surface area (Å²) in [6, 6.07) is -0.155. The first kappa shape index (κ1) is 13.1. The Labute approximate surface area is 124 Å². The molecule has 1 aromatic heterocycles. The third-order valence-electron chi connectivity index (χ3n) is 5.14. The van der Waals surface area contributed by atoms with Crippen LogP contribution in [0.5, 0.6) is 0 Å². The molecule has 1 aromatic rings. The molecule has 1 saturated heterocycles. The van der Waals surface area contributed by atoms with Crippen molar-refractivity contribution >= 4 is 17.7 Å². The van der Waals surface area contributed by atoms with Crippen molar-refractivity contribution in [1.29, 1.82) is 0 Å². The third kappa shape index (κ3) is 1.94. The Morgan fingerprint density at radius 2 is 2.19 bits per heavy atom. The number of hydrogen-bond acceptors (Lipinski definition) is 4. The highest BCUT2D eigenvalue weighted by Crippen LogP contribution is 2.45. The molecule has 0 aromatic carbocycles. The molecule has 0 bridgehead atoms. The number of anilines is 1. The standard InChI is InChI=1S/C16H22N4O/c1-20-16-14(15(19-20)10-6-7-17-8-10)12-5-3-2-4-11(12)13(9-21)18-16/h9-10,13,17-18H,2-8H2,1H3. The van der Waals surface area contributed by atoms with Crippen molar-refractivity contribution in [2.24, 2.45) is 7.05 Å². The molecule has 2 atom stereocenters. The monoisotopic (exact) mass is 286 g/mol. The van der Waals surface area contributed by atoms with Crippen molar-refractivity contribution in [3.05, 3.63) is 16.8 Å². The lowest BCUT2D eigenvalue weighted by Gasteiger charge is -2.31. The topological polar surface area (TPSA) is 59.0 Å². The van der Waals surface area contributed by atoms with Gasteiger partial charge in [0.25, 0.3) is 0 Å². The molecule has 5 nitrogen and oxygen atoms in total. The molecule has 0 spiro atoms. The zero-order valence-corrected chi connectivity index (χ0v) is 12.5. The second-order valence-electron chi connectivity index (χ2n) is 6.39. The predicted molar refractivity (Wildman–Crippen MR) is 82.3 cm³/mol. The van der Waals surface area contributed by atoms with Crippen LogP contribution in [0.4, 0.5) is 5.82 Å². The van der Waals surface area contributed by atoms with E-state index in [4.69, 9.17) is 5.10 Å². The SMILES string of the molecule is Cn1nc(C2CCNC2)c2c1NC(C=O)C1=C2CCCC1. The number of aryl methyl sites for hydroxylation is 1. The van der Waals surface area contributed by atoms with Gasteiger partial charge in [0.2, 0.25) is 0 Å². The highest BCUT2D eigenvalue weighted by Gasteiger charge is 2.35. The molecule has 5 heteroatoms. The minimum Gasteiger partial charge on any atom is -0.357 e. The van der Waals surface area contributed by atoms with Gasteiger partial charge in [-0.15, -0.1) is 0 Å². The van der Waals surface area contributed by atoms with E-state index in [-0.39, 0.29) is 6.04 Å². The minimum absolute atomic E-state index is 0.155. The summed E-state index contributed by atoms with van der Waals surface area (Å²) < 4.78 is 1.93. The summed E-state index contributed by atoms with van der Waals surface area (Å²) in [5.41, 5.74) is 5.24. The van der Waals surface area contributed by atoms with Crippen LogP contribution in [0.2, 0.25) is 0 Å². The number of carbonyl (C=O) groups is 1. The summed E-state index contributed by atoms with van der Waals surface area (Å²) in [4.78, 5) is 11.5. The molecular weight excluding hydrogens is 264 g/mol. The smallest absolute Gasteiger partial charge is 0.146 e. The van der Waals surface area contributed by atoms with Gasteiger partial charge in [-0.1, -0.05) is 0 Å². The van der Waals surface area contributed by atoms with Crippen LogP contribution in [0.15, 0.2) is 5.57 Å². The molecule has 2 unspecified atom stereocenters. The van der Waals surface area contributed by atoms with Crippen LogP contribution in [0, 0.1) is 0 Å². The number of carbonyl (C=O) groups excluding carboxylic acids is 1. The Morgan fingerprint density at radius 1 is 1.33 bits per heavy atom. The molecule has 4 rings (SSSR count). The number of nitrogens with zero attached hydrogens (tertiary/aromatic N) is 2. The Bertz CT molecular complexity index is 610. The lowest BCUT2D eigenvalue weighted by molar-refractivity contribution is -0.107. The van der Waals surface area contributed by atoms with Gasteiger partial charge in [-0.25, -0.2) is 0 Å². The quantitative estimate of drug-likeness (QED) is 0.814. The van der Waals surface area contributed by atoms with Crippen LogP contribution in [0.1, 0.15) is 49.3 Å². The summed E-state index contributed by atoms with van der Waals surface area (Å²) in [6.45, 7) is 2.09. The molecule has 3 heterocycles. The van der Waals surface area contributed by atoms with Gasteiger partial charge < -0.3 is 15.4 Å². The second-order valence-corrected chi connectivity index (χ2v) is 6.39.